The molecule has 0 aliphatic rings. The summed E-state index contributed by atoms with van der Waals surface area (Å²) in [6.45, 7) is 12.0. The average molecular weight is 427 g/mol. The van der Waals surface area contributed by atoms with Crippen molar-refractivity contribution in [2.75, 3.05) is 13.2 Å². The third-order valence-electron chi connectivity index (χ3n) is 3.67. The van der Waals surface area contributed by atoms with Crippen molar-refractivity contribution in [3.8, 4) is 0 Å². The molecule has 0 aliphatic carbocycles. The number of aliphatic imine (C=N–C) groups is 1. The number of hydrogen-bond donors (Lipinski definition) is 3. The first-order valence-corrected chi connectivity index (χ1v) is 8.52. The third kappa shape index (κ3) is 14.9. The summed E-state index contributed by atoms with van der Waals surface area (Å²) in [5.74, 6) is 2.35. The summed E-state index contributed by atoms with van der Waals surface area (Å²) in [6.07, 6.45) is 5.50. The Bertz CT molecular complexity index is 283. The first-order chi connectivity index (χ1) is 9.85. The van der Waals surface area contributed by atoms with Gasteiger partial charge in [0, 0.05) is 19.2 Å². The predicted molar refractivity (Wildman–Crippen MR) is 108 cm³/mol. The number of nitrogens with two attached hydrogens (primary N) is 1. The molecule has 4 N–H and O–H groups in total. The minimum absolute atomic E-state index is 0. The van der Waals surface area contributed by atoms with Crippen molar-refractivity contribution < 1.29 is 5.11 Å². The Hall–Kier alpha value is -0.0400. The van der Waals surface area contributed by atoms with Crippen LogP contribution in [0, 0.1) is 17.8 Å². The largest absolute Gasteiger partial charge is 0.396 e. The second-order valence-electron chi connectivity index (χ2n) is 7.10. The van der Waals surface area contributed by atoms with Crippen molar-refractivity contribution in [2.45, 2.75) is 72.8 Å². The summed E-state index contributed by atoms with van der Waals surface area (Å²) in [5.41, 5.74) is 5.96. The lowest BCUT2D eigenvalue weighted by Crippen LogP contribution is -2.38. The Balaban J connectivity index is 0. The van der Waals surface area contributed by atoms with E-state index < -0.39 is 0 Å². The first-order valence-electron chi connectivity index (χ1n) is 8.52. The van der Waals surface area contributed by atoms with Gasteiger partial charge in [0.15, 0.2) is 5.96 Å². The summed E-state index contributed by atoms with van der Waals surface area (Å²) in [5, 5.41) is 12.4. The fraction of sp³-hybridized carbons (Fsp3) is 0.941. The van der Waals surface area contributed by atoms with E-state index in [1.54, 1.807) is 0 Å². The zero-order valence-corrected chi connectivity index (χ0v) is 17.5. The molecule has 5 heteroatoms. The molecule has 0 rings (SSSR count). The highest BCUT2D eigenvalue weighted by Gasteiger charge is 2.10. The molecule has 4 nitrogen and oxygen atoms in total. The van der Waals surface area contributed by atoms with Crippen LogP contribution in [-0.4, -0.2) is 30.3 Å². The van der Waals surface area contributed by atoms with E-state index in [9.17, 15) is 0 Å². The molecule has 134 valence electrons. The topological polar surface area (TPSA) is 70.6 Å². The number of halogens is 1. The van der Waals surface area contributed by atoms with Crippen LogP contribution in [0.4, 0.5) is 0 Å². The van der Waals surface area contributed by atoms with Crippen LogP contribution in [0.15, 0.2) is 4.99 Å². The molecule has 0 saturated heterocycles. The Morgan fingerprint density at radius 1 is 1.05 bits per heavy atom. The minimum Gasteiger partial charge on any atom is -0.396 e. The number of aliphatic hydroxyl groups excluding tert-OH is 1. The van der Waals surface area contributed by atoms with Gasteiger partial charge in [-0.05, 0) is 43.9 Å². The maximum atomic E-state index is 9.11. The molecule has 2 unspecified atom stereocenters. The molecule has 0 aromatic rings. The summed E-state index contributed by atoms with van der Waals surface area (Å²) >= 11 is 0. The number of hydrogen-bond acceptors (Lipinski definition) is 2. The van der Waals surface area contributed by atoms with Gasteiger partial charge in [0.05, 0.1) is 0 Å². The van der Waals surface area contributed by atoms with E-state index in [1.807, 2.05) is 0 Å². The molecule has 0 aromatic carbocycles. The van der Waals surface area contributed by atoms with Crippen LogP contribution in [0.1, 0.15) is 66.7 Å². The Morgan fingerprint density at radius 2 is 1.68 bits per heavy atom. The van der Waals surface area contributed by atoms with E-state index in [0.29, 0.717) is 30.4 Å². The molecule has 2 atom stereocenters. The number of aliphatic hydroxyl groups is 1. The van der Waals surface area contributed by atoms with Gasteiger partial charge in [-0.1, -0.05) is 40.5 Å². The fourth-order valence-corrected chi connectivity index (χ4v) is 2.56. The Kier molecular flexibility index (Phi) is 16.0. The predicted octanol–water partition coefficient (Wildman–Crippen LogP) is 3.77. The van der Waals surface area contributed by atoms with Gasteiger partial charge in [0.25, 0.3) is 0 Å². The Morgan fingerprint density at radius 3 is 2.18 bits per heavy atom. The lowest BCUT2D eigenvalue weighted by molar-refractivity contribution is 0.245. The zero-order chi connectivity index (χ0) is 16.3. The van der Waals surface area contributed by atoms with Crippen LogP contribution < -0.4 is 11.1 Å². The zero-order valence-electron chi connectivity index (χ0n) is 15.1. The third-order valence-corrected chi connectivity index (χ3v) is 3.67. The van der Waals surface area contributed by atoms with Crippen LogP contribution in [0.3, 0.4) is 0 Å². The number of nitrogens with zero attached hydrogens (tertiary/aromatic N) is 1. The lowest BCUT2D eigenvalue weighted by atomic mass is 9.94. The molecule has 0 heterocycles. The van der Waals surface area contributed by atoms with E-state index in [2.05, 4.69) is 44.9 Å². The Labute approximate surface area is 154 Å². The van der Waals surface area contributed by atoms with E-state index in [4.69, 9.17) is 10.8 Å². The highest BCUT2D eigenvalue weighted by atomic mass is 127. The van der Waals surface area contributed by atoms with Gasteiger partial charge in [-0.2, -0.15) is 0 Å². The van der Waals surface area contributed by atoms with Gasteiger partial charge in [-0.25, -0.2) is 0 Å². The first kappa shape index (κ1) is 24.2. The SMILES string of the molecule is CC(C)CCCC(C)NC(N)=NCC(CCO)CC(C)C.I. The van der Waals surface area contributed by atoms with E-state index in [0.717, 1.165) is 25.2 Å². The molecular formula is C17H38IN3O. The maximum absolute atomic E-state index is 9.11. The lowest BCUT2D eigenvalue weighted by Gasteiger charge is -2.18. The second-order valence-corrected chi connectivity index (χ2v) is 7.10. The monoisotopic (exact) mass is 427 g/mol. The molecule has 0 fully saturated rings. The summed E-state index contributed by atoms with van der Waals surface area (Å²) in [7, 11) is 0. The van der Waals surface area contributed by atoms with Crippen LogP contribution in [0.2, 0.25) is 0 Å². The van der Waals surface area contributed by atoms with Gasteiger partial charge < -0.3 is 16.2 Å². The van der Waals surface area contributed by atoms with Crippen molar-refractivity contribution in [2.24, 2.45) is 28.5 Å². The number of nitrogens with one attached hydrogen (secondary N) is 1. The van der Waals surface area contributed by atoms with Crippen molar-refractivity contribution >= 4 is 29.9 Å². The molecule has 0 aromatic heterocycles. The molecule has 0 aliphatic heterocycles. The van der Waals surface area contributed by atoms with Crippen LogP contribution in [0.25, 0.3) is 0 Å². The van der Waals surface area contributed by atoms with E-state index >= 15 is 0 Å². The van der Waals surface area contributed by atoms with E-state index in [1.165, 1.54) is 12.8 Å². The molecule has 0 spiro atoms. The van der Waals surface area contributed by atoms with Gasteiger partial charge in [-0.3, -0.25) is 4.99 Å². The number of rotatable bonds is 11. The normalized spacial score (nSPS) is 14.8. The smallest absolute Gasteiger partial charge is 0.188 e. The number of guanidine groups is 1. The minimum atomic E-state index is 0. The van der Waals surface area contributed by atoms with Crippen molar-refractivity contribution in [3.63, 3.8) is 0 Å². The average Bonchev–Trinajstić information content (AvgIpc) is 2.35. The molecule has 0 amide bonds. The van der Waals surface area contributed by atoms with E-state index in [-0.39, 0.29) is 30.6 Å². The summed E-state index contributed by atoms with van der Waals surface area (Å²) in [6, 6.07) is 0.369. The van der Waals surface area contributed by atoms with Crippen LogP contribution >= 0.6 is 24.0 Å². The fourth-order valence-electron chi connectivity index (χ4n) is 2.56. The quantitative estimate of drug-likeness (QED) is 0.267. The molecule has 22 heavy (non-hydrogen) atoms. The second kappa shape index (κ2) is 14.5. The highest BCUT2D eigenvalue weighted by Crippen LogP contribution is 2.15. The maximum Gasteiger partial charge on any atom is 0.188 e. The molecule has 0 saturated carbocycles. The van der Waals surface area contributed by atoms with Gasteiger partial charge in [0.2, 0.25) is 0 Å². The summed E-state index contributed by atoms with van der Waals surface area (Å²) in [4.78, 5) is 4.45. The van der Waals surface area contributed by atoms with Gasteiger partial charge in [0.1, 0.15) is 0 Å². The van der Waals surface area contributed by atoms with Crippen molar-refractivity contribution in [1.82, 2.24) is 5.32 Å². The van der Waals surface area contributed by atoms with Gasteiger partial charge in [-0.15, -0.1) is 24.0 Å². The standard InChI is InChI=1S/C17H37N3O.HI/c1-13(2)7-6-8-15(5)20-17(18)19-12-16(9-10-21)11-14(3)4;/h13-16,21H,6-12H2,1-5H3,(H3,18,19,20);1H. The van der Waals surface area contributed by atoms with Crippen LogP contribution in [0.5, 0.6) is 0 Å². The molecule has 0 bridgehead atoms. The molecule has 0 radical (unpaired) electrons. The van der Waals surface area contributed by atoms with Gasteiger partial charge >= 0.3 is 0 Å². The van der Waals surface area contributed by atoms with Crippen molar-refractivity contribution in [3.05, 3.63) is 0 Å². The van der Waals surface area contributed by atoms with Crippen LogP contribution in [-0.2, 0) is 0 Å². The van der Waals surface area contributed by atoms with Crippen molar-refractivity contribution in [1.29, 1.82) is 0 Å². The highest BCUT2D eigenvalue weighted by molar-refractivity contribution is 14.0. The molecular weight excluding hydrogens is 389 g/mol. The summed E-state index contributed by atoms with van der Waals surface area (Å²) < 4.78 is 0.